The number of carboxylic acid groups (broad SMARTS) is 1. The molecule has 2 aromatic heterocycles. The molecule has 0 aliphatic carbocycles. The first-order valence-corrected chi connectivity index (χ1v) is 14.9. The fourth-order valence-corrected chi connectivity index (χ4v) is 6.25. The fourth-order valence-electron chi connectivity index (χ4n) is 5.25. The van der Waals surface area contributed by atoms with E-state index in [4.69, 9.17) is 23.6 Å². The molecular formula is C33H32N2O8S. The van der Waals surface area contributed by atoms with E-state index in [-0.39, 0.29) is 23.3 Å². The highest BCUT2D eigenvalue weighted by molar-refractivity contribution is 7.07. The van der Waals surface area contributed by atoms with E-state index in [1.807, 2.05) is 13.8 Å². The first-order valence-electron chi connectivity index (χ1n) is 14.1. The quantitative estimate of drug-likeness (QED) is 0.250. The highest BCUT2D eigenvalue weighted by atomic mass is 32.1. The minimum atomic E-state index is -1.01. The Balaban J connectivity index is 1.69. The SMILES string of the molecule is CCCC1=C(C(=O)OCC)[C@@H](c2cc(OC)ccc2OC)n2c(s/c(=C\c3ccc(-c4ccc(C(=O)O)cc4C)o3)c2=O)=N1. The summed E-state index contributed by atoms with van der Waals surface area (Å²) in [4.78, 5) is 44.2. The van der Waals surface area contributed by atoms with Crippen LogP contribution in [0.5, 0.6) is 11.5 Å². The highest BCUT2D eigenvalue weighted by Crippen LogP contribution is 2.38. The van der Waals surface area contributed by atoms with Gasteiger partial charge in [0.05, 0.1) is 42.2 Å². The summed E-state index contributed by atoms with van der Waals surface area (Å²) < 4.78 is 24.6. The molecule has 1 N–H and O–H groups in total. The van der Waals surface area contributed by atoms with Crippen LogP contribution in [-0.2, 0) is 9.53 Å². The van der Waals surface area contributed by atoms with E-state index >= 15 is 0 Å². The first kappa shape index (κ1) is 30.6. The molecule has 0 unspecified atom stereocenters. The summed E-state index contributed by atoms with van der Waals surface area (Å²) >= 11 is 1.19. The molecule has 10 nitrogen and oxygen atoms in total. The molecule has 11 heteroatoms. The maximum atomic E-state index is 14.1. The van der Waals surface area contributed by atoms with E-state index in [0.717, 1.165) is 17.5 Å². The molecular weight excluding hydrogens is 584 g/mol. The number of aryl methyl sites for hydroxylation is 1. The lowest BCUT2D eigenvalue weighted by Crippen LogP contribution is -2.40. The van der Waals surface area contributed by atoms with Gasteiger partial charge in [-0.2, -0.15) is 0 Å². The predicted octanol–water partition coefficient (Wildman–Crippen LogP) is 4.86. The molecule has 228 valence electrons. The van der Waals surface area contributed by atoms with Gasteiger partial charge in [0.2, 0.25) is 0 Å². The number of thiazole rings is 1. The minimum Gasteiger partial charge on any atom is -0.497 e. The van der Waals surface area contributed by atoms with Gasteiger partial charge >= 0.3 is 11.9 Å². The van der Waals surface area contributed by atoms with Gasteiger partial charge in [-0.05, 0) is 68.3 Å². The molecule has 1 aliphatic heterocycles. The Morgan fingerprint density at radius 3 is 2.55 bits per heavy atom. The van der Waals surface area contributed by atoms with Gasteiger partial charge in [0.15, 0.2) is 4.80 Å². The maximum Gasteiger partial charge on any atom is 0.338 e. The van der Waals surface area contributed by atoms with Gasteiger partial charge < -0.3 is 23.7 Å². The minimum absolute atomic E-state index is 0.160. The normalized spacial score (nSPS) is 14.7. The van der Waals surface area contributed by atoms with Crippen molar-refractivity contribution in [2.75, 3.05) is 20.8 Å². The number of fused-ring (bicyclic) bond motifs is 1. The Kier molecular flexibility index (Phi) is 8.86. The number of benzene rings is 2. The molecule has 1 aliphatic rings. The van der Waals surface area contributed by atoms with Crippen LogP contribution in [0.15, 0.2) is 74.0 Å². The van der Waals surface area contributed by atoms with E-state index in [2.05, 4.69) is 0 Å². The lowest BCUT2D eigenvalue weighted by Gasteiger charge is -2.27. The van der Waals surface area contributed by atoms with Crippen LogP contribution in [0.2, 0.25) is 0 Å². The number of aromatic nitrogens is 1. The number of hydrogen-bond acceptors (Lipinski definition) is 9. The standard InChI is InChI=1S/C33H32N2O8S/c1-6-8-24-28(32(39)42-7-2)29(23-16-20(40-4)10-13-25(23)41-5)35-30(36)27(44-33(35)34-24)17-21-11-14-26(43-21)22-12-9-19(31(37)38)15-18(22)3/h9-17,29H,6-8H2,1-5H3,(H,37,38)/b27-17-/t29-/m1/s1. The van der Waals surface area contributed by atoms with E-state index in [1.54, 1.807) is 62.6 Å². The smallest absolute Gasteiger partial charge is 0.338 e. The number of furan rings is 1. The number of rotatable bonds is 10. The molecule has 0 amide bonds. The average Bonchev–Trinajstić information content (AvgIpc) is 3.60. The third kappa shape index (κ3) is 5.70. The molecule has 5 rings (SSSR count). The van der Waals surface area contributed by atoms with Gasteiger partial charge in [0, 0.05) is 17.2 Å². The van der Waals surface area contributed by atoms with Gasteiger partial charge in [0.25, 0.3) is 5.56 Å². The van der Waals surface area contributed by atoms with E-state index in [0.29, 0.717) is 50.0 Å². The Morgan fingerprint density at radius 1 is 1.09 bits per heavy atom. The van der Waals surface area contributed by atoms with Crippen molar-refractivity contribution in [1.29, 1.82) is 0 Å². The molecule has 0 saturated heterocycles. The number of methoxy groups -OCH3 is 2. The van der Waals surface area contributed by atoms with Crippen molar-refractivity contribution >= 4 is 29.4 Å². The molecule has 44 heavy (non-hydrogen) atoms. The number of aromatic carboxylic acids is 1. The second-order valence-corrected chi connectivity index (χ2v) is 11.1. The maximum absolute atomic E-state index is 14.1. The van der Waals surface area contributed by atoms with Crippen LogP contribution >= 0.6 is 11.3 Å². The van der Waals surface area contributed by atoms with Crippen molar-refractivity contribution in [2.45, 2.75) is 39.7 Å². The summed E-state index contributed by atoms with van der Waals surface area (Å²) in [6, 6.07) is 12.7. The van der Waals surface area contributed by atoms with Crippen LogP contribution in [0.25, 0.3) is 17.4 Å². The topological polar surface area (TPSA) is 130 Å². The zero-order valence-electron chi connectivity index (χ0n) is 25.0. The third-order valence-corrected chi connectivity index (χ3v) is 8.25. The number of hydrogen-bond donors (Lipinski definition) is 1. The second kappa shape index (κ2) is 12.8. The summed E-state index contributed by atoms with van der Waals surface area (Å²) in [7, 11) is 3.07. The van der Waals surface area contributed by atoms with Gasteiger partial charge in [0.1, 0.15) is 29.1 Å². The zero-order valence-corrected chi connectivity index (χ0v) is 25.8. The Labute approximate surface area is 257 Å². The summed E-state index contributed by atoms with van der Waals surface area (Å²) in [6.07, 6.45) is 2.87. The van der Waals surface area contributed by atoms with Gasteiger partial charge in [-0.1, -0.05) is 30.7 Å². The molecule has 2 aromatic carbocycles. The Hall–Kier alpha value is -4.90. The average molecular weight is 617 g/mol. The molecule has 4 aromatic rings. The summed E-state index contributed by atoms with van der Waals surface area (Å²) in [5, 5.41) is 9.29. The van der Waals surface area contributed by atoms with Crippen LogP contribution in [0.3, 0.4) is 0 Å². The summed E-state index contributed by atoms with van der Waals surface area (Å²) in [5.74, 6) is 0.421. The van der Waals surface area contributed by atoms with Crippen molar-refractivity contribution in [3.63, 3.8) is 0 Å². The predicted molar refractivity (Wildman–Crippen MR) is 165 cm³/mol. The number of esters is 1. The number of carboxylic acids is 1. The molecule has 1 atom stereocenters. The van der Waals surface area contributed by atoms with Crippen LogP contribution in [0.4, 0.5) is 0 Å². The molecule has 0 radical (unpaired) electrons. The van der Waals surface area contributed by atoms with Crippen LogP contribution in [0.1, 0.15) is 60.0 Å². The number of carbonyl (C=O) groups is 2. The van der Waals surface area contributed by atoms with E-state index < -0.39 is 18.0 Å². The van der Waals surface area contributed by atoms with Crippen LogP contribution in [-0.4, -0.2) is 42.4 Å². The lowest BCUT2D eigenvalue weighted by molar-refractivity contribution is -0.139. The Morgan fingerprint density at radius 2 is 1.89 bits per heavy atom. The first-order chi connectivity index (χ1) is 21.2. The Bertz CT molecular complexity index is 1960. The van der Waals surface area contributed by atoms with Crippen molar-refractivity contribution in [1.82, 2.24) is 4.57 Å². The number of nitrogens with zero attached hydrogens (tertiary/aromatic N) is 2. The van der Waals surface area contributed by atoms with Crippen molar-refractivity contribution in [3.05, 3.63) is 102 Å². The van der Waals surface area contributed by atoms with Crippen molar-refractivity contribution in [3.8, 4) is 22.8 Å². The molecule has 0 fully saturated rings. The lowest BCUT2D eigenvalue weighted by atomic mass is 9.93. The van der Waals surface area contributed by atoms with Crippen molar-refractivity contribution in [2.24, 2.45) is 4.99 Å². The summed E-state index contributed by atoms with van der Waals surface area (Å²) in [6.45, 7) is 5.69. The van der Waals surface area contributed by atoms with Crippen molar-refractivity contribution < 1.29 is 33.3 Å². The third-order valence-electron chi connectivity index (χ3n) is 7.26. The zero-order chi connectivity index (χ0) is 31.5. The van der Waals surface area contributed by atoms with Crippen LogP contribution in [0, 0.1) is 6.92 Å². The van der Waals surface area contributed by atoms with E-state index in [9.17, 15) is 19.5 Å². The molecule has 0 bridgehead atoms. The molecule has 3 heterocycles. The fraction of sp³-hybridized carbons (Fsp3) is 0.273. The second-order valence-electron chi connectivity index (χ2n) is 10.1. The highest BCUT2D eigenvalue weighted by Gasteiger charge is 2.36. The molecule has 0 saturated carbocycles. The number of allylic oxidation sites excluding steroid dienone is 1. The van der Waals surface area contributed by atoms with Gasteiger partial charge in [-0.15, -0.1) is 0 Å². The van der Waals surface area contributed by atoms with E-state index in [1.165, 1.54) is 29.1 Å². The summed E-state index contributed by atoms with van der Waals surface area (Å²) in [5.41, 5.74) is 2.70. The monoisotopic (exact) mass is 616 g/mol. The van der Waals surface area contributed by atoms with Gasteiger partial charge in [-0.3, -0.25) is 9.36 Å². The molecule has 0 spiro atoms. The largest absolute Gasteiger partial charge is 0.497 e. The van der Waals surface area contributed by atoms with Gasteiger partial charge in [-0.25, -0.2) is 14.6 Å². The number of ether oxygens (including phenoxy) is 3. The van der Waals surface area contributed by atoms with Crippen LogP contribution < -0.4 is 24.4 Å². The number of carbonyl (C=O) groups excluding carboxylic acids is 1.